The number of benzene rings is 3. The topological polar surface area (TPSA) is 81.7 Å². The van der Waals surface area contributed by atoms with Crippen LogP contribution in [0.4, 0.5) is 25.8 Å². The Morgan fingerprint density at radius 2 is 1.83 bits per heavy atom. The number of hydroxylamine groups is 1. The fraction of sp³-hybridized carbons (Fsp3) is 0.0909. The molecule has 0 fully saturated rings. The number of carbonyl (C=O) groups excluding carboxylic acids is 2. The minimum Gasteiger partial charge on any atom is -0.327 e. The summed E-state index contributed by atoms with van der Waals surface area (Å²) in [5.74, 6) is -2.96. The smallest absolute Gasteiger partial charge is 0.274 e. The van der Waals surface area contributed by atoms with Crippen molar-refractivity contribution in [2.75, 3.05) is 10.2 Å². The van der Waals surface area contributed by atoms with Crippen molar-refractivity contribution in [3.05, 3.63) is 89.5 Å². The average Bonchev–Trinajstić information content (AvgIpc) is 2.76. The van der Waals surface area contributed by atoms with Crippen LogP contribution in [0.3, 0.4) is 0 Å². The highest BCUT2D eigenvalue weighted by atomic mass is 19.2. The van der Waals surface area contributed by atoms with Crippen LogP contribution in [0.25, 0.3) is 0 Å². The van der Waals surface area contributed by atoms with E-state index in [1.807, 2.05) is 12.1 Å². The van der Waals surface area contributed by atoms with Crippen LogP contribution >= 0.6 is 0 Å². The Morgan fingerprint density at radius 1 is 1.03 bits per heavy atom. The predicted molar refractivity (Wildman–Crippen MR) is 107 cm³/mol. The number of rotatable bonds is 4. The van der Waals surface area contributed by atoms with Crippen molar-refractivity contribution in [2.24, 2.45) is 0 Å². The first-order chi connectivity index (χ1) is 14.5. The lowest BCUT2D eigenvalue weighted by atomic mass is 9.98. The van der Waals surface area contributed by atoms with Crippen LogP contribution in [-0.2, 0) is 11.2 Å². The maximum Gasteiger partial charge on any atom is 0.274 e. The zero-order valence-electron chi connectivity index (χ0n) is 15.6. The van der Waals surface area contributed by atoms with Crippen molar-refractivity contribution >= 4 is 28.9 Å². The van der Waals surface area contributed by atoms with Crippen molar-refractivity contribution in [3.8, 4) is 0 Å². The van der Waals surface area contributed by atoms with Crippen LogP contribution in [0.5, 0.6) is 0 Å². The molecule has 1 aliphatic heterocycles. The quantitative estimate of drug-likeness (QED) is 0.452. The van der Waals surface area contributed by atoms with Gasteiger partial charge in [-0.15, -0.1) is 0 Å². The maximum absolute atomic E-state index is 13.7. The average molecular weight is 409 g/mol. The molecule has 3 N–H and O–H groups in total. The number of nitrogens with zero attached hydrogens (tertiary/aromatic N) is 1. The highest BCUT2D eigenvalue weighted by Gasteiger charge is 2.34. The Morgan fingerprint density at radius 3 is 2.60 bits per heavy atom. The molecule has 152 valence electrons. The summed E-state index contributed by atoms with van der Waals surface area (Å²) in [7, 11) is 0. The lowest BCUT2D eigenvalue weighted by Crippen LogP contribution is -2.47. The molecule has 0 bridgehead atoms. The molecule has 4 rings (SSSR count). The van der Waals surface area contributed by atoms with E-state index < -0.39 is 23.6 Å². The number of anilines is 3. The van der Waals surface area contributed by atoms with Gasteiger partial charge in [0.15, 0.2) is 11.6 Å². The van der Waals surface area contributed by atoms with Crippen molar-refractivity contribution < 1.29 is 23.6 Å². The molecule has 1 atom stereocenters. The molecule has 0 radical (unpaired) electrons. The Labute approximate surface area is 170 Å². The predicted octanol–water partition coefficient (Wildman–Crippen LogP) is 3.79. The lowest BCUT2D eigenvalue weighted by molar-refractivity contribution is -0.117. The first-order valence-corrected chi connectivity index (χ1v) is 9.15. The summed E-state index contributed by atoms with van der Waals surface area (Å²) in [6.45, 7) is 0. The molecular weight excluding hydrogens is 392 g/mol. The number of hydrogen-bond acceptors (Lipinski definition) is 4. The fourth-order valence-corrected chi connectivity index (χ4v) is 3.55. The molecule has 3 aromatic carbocycles. The van der Waals surface area contributed by atoms with Crippen LogP contribution < -0.4 is 15.7 Å². The number of halogens is 2. The molecule has 30 heavy (non-hydrogen) atoms. The molecule has 1 aliphatic rings. The first kappa shape index (κ1) is 19.5. The van der Waals surface area contributed by atoms with Crippen LogP contribution in [0, 0.1) is 11.6 Å². The van der Waals surface area contributed by atoms with E-state index in [4.69, 9.17) is 5.21 Å². The van der Waals surface area contributed by atoms with Gasteiger partial charge in [-0.25, -0.2) is 14.3 Å². The fourth-order valence-electron chi connectivity index (χ4n) is 3.55. The van der Waals surface area contributed by atoms with Crippen molar-refractivity contribution in [2.45, 2.75) is 12.5 Å². The molecule has 0 spiro atoms. The summed E-state index contributed by atoms with van der Waals surface area (Å²) < 4.78 is 27.0. The van der Waals surface area contributed by atoms with E-state index in [1.165, 1.54) is 12.1 Å². The van der Waals surface area contributed by atoms with Gasteiger partial charge in [-0.1, -0.05) is 24.3 Å². The zero-order valence-corrected chi connectivity index (χ0v) is 15.6. The number of fused-ring (bicyclic) bond motifs is 1. The molecular formula is C22H17F2N3O3. The molecule has 0 saturated heterocycles. The minimum atomic E-state index is -0.989. The maximum atomic E-state index is 13.7. The summed E-state index contributed by atoms with van der Waals surface area (Å²) in [4.78, 5) is 26.5. The minimum absolute atomic E-state index is 0.105. The molecule has 8 heteroatoms. The number of nitrogens with one attached hydrogen (secondary N) is 2. The van der Waals surface area contributed by atoms with Crippen LogP contribution in [0.2, 0.25) is 0 Å². The second-order valence-electron chi connectivity index (χ2n) is 6.84. The molecule has 0 aliphatic carbocycles. The third-order valence-corrected chi connectivity index (χ3v) is 4.94. The van der Waals surface area contributed by atoms with E-state index in [0.717, 1.165) is 12.1 Å². The van der Waals surface area contributed by atoms with Gasteiger partial charge in [0, 0.05) is 17.7 Å². The molecule has 0 aromatic heterocycles. The number of carbonyl (C=O) groups is 2. The normalized spacial score (nSPS) is 15.4. The molecule has 3 aromatic rings. The first-order valence-electron chi connectivity index (χ1n) is 9.15. The monoisotopic (exact) mass is 409 g/mol. The second kappa shape index (κ2) is 7.92. The van der Waals surface area contributed by atoms with Gasteiger partial charge in [-0.2, -0.15) is 0 Å². The van der Waals surface area contributed by atoms with E-state index in [2.05, 4.69) is 5.32 Å². The van der Waals surface area contributed by atoms with Gasteiger partial charge in [0.25, 0.3) is 5.91 Å². The van der Waals surface area contributed by atoms with Gasteiger partial charge in [-0.05, 0) is 48.0 Å². The van der Waals surface area contributed by atoms with E-state index >= 15 is 0 Å². The van der Waals surface area contributed by atoms with Crippen LogP contribution in [0.15, 0.2) is 66.7 Å². The van der Waals surface area contributed by atoms with Gasteiger partial charge in [0.1, 0.15) is 6.04 Å². The zero-order chi connectivity index (χ0) is 21.3. The molecule has 6 nitrogen and oxygen atoms in total. The Hall–Kier alpha value is -3.78. The van der Waals surface area contributed by atoms with E-state index in [-0.39, 0.29) is 17.9 Å². The van der Waals surface area contributed by atoms with Gasteiger partial charge in [0.05, 0.1) is 11.4 Å². The van der Waals surface area contributed by atoms with Crippen LogP contribution in [-0.4, -0.2) is 23.1 Å². The van der Waals surface area contributed by atoms with Gasteiger partial charge in [-0.3, -0.25) is 14.8 Å². The van der Waals surface area contributed by atoms with Crippen molar-refractivity contribution in [1.82, 2.24) is 5.48 Å². The summed E-state index contributed by atoms with van der Waals surface area (Å²) in [6.07, 6.45) is 0.105. The SMILES string of the molecule is O=C(NO)c1cccc(N2c3ccccc3NC(=O)[C@H]2Cc2ccc(F)c(F)c2)c1. The van der Waals surface area contributed by atoms with Gasteiger partial charge in [0.2, 0.25) is 5.91 Å². The third-order valence-electron chi connectivity index (χ3n) is 4.94. The Balaban J connectivity index is 1.80. The second-order valence-corrected chi connectivity index (χ2v) is 6.84. The van der Waals surface area contributed by atoms with E-state index in [1.54, 1.807) is 40.7 Å². The van der Waals surface area contributed by atoms with E-state index in [9.17, 15) is 18.4 Å². The number of para-hydroxylation sites is 2. The molecule has 0 saturated carbocycles. The molecule has 1 heterocycles. The third kappa shape index (κ3) is 3.60. The summed E-state index contributed by atoms with van der Waals surface area (Å²) in [6, 6.07) is 16.3. The summed E-state index contributed by atoms with van der Waals surface area (Å²) >= 11 is 0. The molecule has 0 unspecified atom stereocenters. The summed E-state index contributed by atoms with van der Waals surface area (Å²) in [5.41, 5.74) is 4.04. The lowest BCUT2D eigenvalue weighted by Gasteiger charge is -2.38. The van der Waals surface area contributed by atoms with Crippen molar-refractivity contribution in [1.29, 1.82) is 0 Å². The largest absolute Gasteiger partial charge is 0.327 e. The van der Waals surface area contributed by atoms with Gasteiger partial charge >= 0.3 is 0 Å². The standard InChI is InChI=1S/C22H17F2N3O3/c23-16-9-8-13(10-17(16)24)11-20-22(29)25-18-6-1-2-7-19(18)27(20)15-5-3-4-14(12-15)21(28)26-30/h1-10,12,20,30H,11H2,(H,25,29)(H,26,28)/t20-/m1/s1. The number of hydrogen-bond donors (Lipinski definition) is 3. The Kier molecular flexibility index (Phi) is 5.16. The Bertz CT molecular complexity index is 1140. The highest BCUT2D eigenvalue weighted by molar-refractivity contribution is 6.06. The molecule has 2 amide bonds. The number of amides is 2. The van der Waals surface area contributed by atoms with E-state index in [0.29, 0.717) is 22.6 Å². The van der Waals surface area contributed by atoms with Crippen molar-refractivity contribution in [3.63, 3.8) is 0 Å². The van der Waals surface area contributed by atoms with Crippen LogP contribution in [0.1, 0.15) is 15.9 Å². The summed E-state index contributed by atoms with van der Waals surface area (Å²) in [5, 5.41) is 11.8. The highest BCUT2D eigenvalue weighted by Crippen LogP contribution is 2.38. The van der Waals surface area contributed by atoms with Gasteiger partial charge < -0.3 is 10.2 Å².